The van der Waals surface area contributed by atoms with Crippen molar-refractivity contribution < 1.29 is 14.7 Å². The van der Waals surface area contributed by atoms with Gasteiger partial charge in [-0.15, -0.1) is 0 Å². The van der Waals surface area contributed by atoms with Crippen LogP contribution in [0.2, 0.25) is 0 Å². The minimum Gasteiger partial charge on any atom is -0.353 e. The summed E-state index contributed by atoms with van der Waals surface area (Å²) in [5.74, 6) is -1.77. The molecule has 80 valence electrons. The van der Waals surface area contributed by atoms with E-state index in [0.29, 0.717) is 17.8 Å². The third kappa shape index (κ3) is 1.58. The van der Waals surface area contributed by atoms with Crippen molar-refractivity contribution in [3.8, 4) is 0 Å². The molecule has 2 N–H and O–H groups in total. The number of hydrogen-bond donors (Lipinski definition) is 2. The molecule has 1 unspecified atom stereocenters. The SMILES string of the molecule is O=C=Nc1ccc2c(c1)C(O)(N=C=O)NC2. The van der Waals surface area contributed by atoms with Crippen LogP contribution in [0, 0.1) is 0 Å². The van der Waals surface area contributed by atoms with E-state index in [2.05, 4.69) is 15.3 Å². The quantitative estimate of drug-likeness (QED) is 0.546. The molecule has 0 saturated carbocycles. The number of fused-ring (bicyclic) bond motifs is 1. The second-order valence-corrected chi connectivity index (χ2v) is 3.27. The Morgan fingerprint density at radius 3 is 2.88 bits per heavy atom. The van der Waals surface area contributed by atoms with E-state index in [-0.39, 0.29) is 0 Å². The average molecular weight is 217 g/mol. The van der Waals surface area contributed by atoms with Gasteiger partial charge in [0.25, 0.3) is 5.85 Å². The monoisotopic (exact) mass is 217 g/mol. The molecule has 1 heterocycles. The molecule has 6 heteroatoms. The average Bonchev–Trinajstić information content (AvgIpc) is 2.58. The molecule has 0 saturated heterocycles. The van der Waals surface area contributed by atoms with E-state index in [1.807, 2.05) is 0 Å². The molecule has 1 atom stereocenters. The van der Waals surface area contributed by atoms with Crippen molar-refractivity contribution >= 4 is 17.8 Å². The first-order valence-electron chi connectivity index (χ1n) is 4.47. The number of aliphatic imine (C=N–C) groups is 2. The van der Waals surface area contributed by atoms with Crippen molar-refractivity contribution in [3.05, 3.63) is 29.3 Å². The third-order valence-corrected chi connectivity index (χ3v) is 2.38. The summed E-state index contributed by atoms with van der Waals surface area (Å²) in [5, 5.41) is 12.6. The van der Waals surface area contributed by atoms with Gasteiger partial charge in [0, 0.05) is 12.1 Å². The van der Waals surface area contributed by atoms with Crippen molar-refractivity contribution in [2.45, 2.75) is 12.4 Å². The fourth-order valence-corrected chi connectivity index (χ4v) is 1.64. The molecule has 2 rings (SSSR count). The Kier molecular flexibility index (Phi) is 2.48. The Morgan fingerprint density at radius 1 is 1.38 bits per heavy atom. The van der Waals surface area contributed by atoms with Gasteiger partial charge in [-0.1, -0.05) is 6.07 Å². The number of isocyanates is 2. The summed E-state index contributed by atoms with van der Waals surface area (Å²) in [4.78, 5) is 27.0. The molecule has 1 aromatic rings. The van der Waals surface area contributed by atoms with Crippen LogP contribution in [-0.2, 0) is 22.0 Å². The lowest BCUT2D eigenvalue weighted by atomic mass is 10.1. The maximum absolute atomic E-state index is 10.2. The Bertz CT molecular complexity index is 530. The summed E-state index contributed by atoms with van der Waals surface area (Å²) in [5.41, 5.74) is 1.52. The molecule has 0 aromatic heterocycles. The maximum Gasteiger partial charge on any atom is 0.252 e. The molecule has 0 aliphatic carbocycles. The Morgan fingerprint density at radius 2 is 2.19 bits per heavy atom. The molecular weight excluding hydrogens is 210 g/mol. The number of nitrogens with one attached hydrogen (secondary N) is 1. The van der Waals surface area contributed by atoms with E-state index in [1.165, 1.54) is 18.2 Å². The number of benzene rings is 1. The van der Waals surface area contributed by atoms with Gasteiger partial charge in [0.15, 0.2) is 0 Å². The fraction of sp³-hybridized carbons (Fsp3) is 0.200. The van der Waals surface area contributed by atoms with Crippen LogP contribution >= 0.6 is 0 Å². The minimum atomic E-state index is -1.77. The van der Waals surface area contributed by atoms with Crippen LogP contribution in [0.3, 0.4) is 0 Å². The second kappa shape index (κ2) is 3.81. The van der Waals surface area contributed by atoms with Gasteiger partial charge < -0.3 is 5.11 Å². The molecule has 0 fully saturated rings. The normalized spacial score (nSPS) is 21.8. The number of hydrogen-bond acceptors (Lipinski definition) is 6. The van der Waals surface area contributed by atoms with Gasteiger partial charge in [0.05, 0.1) is 5.69 Å². The van der Waals surface area contributed by atoms with Crippen molar-refractivity contribution in [2.24, 2.45) is 9.98 Å². The van der Waals surface area contributed by atoms with E-state index in [1.54, 1.807) is 12.1 Å². The molecule has 1 aromatic carbocycles. The lowest BCUT2D eigenvalue weighted by Crippen LogP contribution is -2.33. The Hall–Kier alpha value is -2.10. The predicted molar refractivity (Wildman–Crippen MR) is 53.1 cm³/mol. The van der Waals surface area contributed by atoms with E-state index >= 15 is 0 Å². The summed E-state index contributed by atoms with van der Waals surface area (Å²) >= 11 is 0. The van der Waals surface area contributed by atoms with Crippen LogP contribution < -0.4 is 5.32 Å². The first-order chi connectivity index (χ1) is 7.69. The minimum absolute atomic E-state index is 0.344. The summed E-state index contributed by atoms with van der Waals surface area (Å²) in [6.07, 6.45) is 2.70. The molecule has 6 nitrogen and oxygen atoms in total. The summed E-state index contributed by atoms with van der Waals surface area (Å²) in [7, 11) is 0. The summed E-state index contributed by atoms with van der Waals surface area (Å²) in [6, 6.07) is 4.78. The van der Waals surface area contributed by atoms with E-state index in [9.17, 15) is 14.7 Å². The van der Waals surface area contributed by atoms with E-state index in [4.69, 9.17) is 0 Å². The fourth-order valence-electron chi connectivity index (χ4n) is 1.64. The van der Waals surface area contributed by atoms with E-state index in [0.717, 1.165) is 5.56 Å². The molecule has 0 spiro atoms. The Balaban J connectivity index is 2.56. The van der Waals surface area contributed by atoms with Crippen LogP contribution in [0.1, 0.15) is 11.1 Å². The molecule has 0 bridgehead atoms. The van der Waals surface area contributed by atoms with Gasteiger partial charge >= 0.3 is 0 Å². The maximum atomic E-state index is 10.2. The second-order valence-electron chi connectivity index (χ2n) is 3.27. The van der Waals surface area contributed by atoms with Gasteiger partial charge in [0.2, 0.25) is 12.2 Å². The van der Waals surface area contributed by atoms with Gasteiger partial charge in [-0.2, -0.15) is 9.98 Å². The lowest BCUT2D eigenvalue weighted by Gasteiger charge is -2.16. The number of rotatable bonds is 2. The molecule has 1 aliphatic rings. The molecule has 0 radical (unpaired) electrons. The predicted octanol–water partition coefficient (Wildman–Crippen LogP) is 0.196. The van der Waals surface area contributed by atoms with Gasteiger partial charge in [-0.25, -0.2) is 9.59 Å². The van der Waals surface area contributed by atoms with Crippen molar-refractivity contribution in [1.82, 2.24) is 5.32 Å². The third-order valence-electron chi connectivity index (χ3n) is 2.38. The standard InChI is InChI=1S/C10H7N3O3/c14-5-11-8-2-1-7-4-12-10(16,13-6-15)9(7)3-8/h1-3,12,16H,4H2. The first kappa shape index (κ1) is 10.4. The van der Waals surface area contributed by atoms with Gasteiger partial charge in [-0.3, -0.25) is 5.32 Å². The number of aliphatic hydroxyl groups is 1. The molecule has 16 heavy (non-hydrogen) atoms. The zero-order valence-corrected chi connectivity index (χ0v) is 8.10. The highest BCUT2D eigenvalue weighted by Gasteiger charge is 2.36. The highest BCUT2D eigenvalue weighted by atomic mass is 16.3. The van der Waals surface area contributed by atoms with Crippen LogP contribution in [0.15, 0.2) is 28.2 Å². The van der Waals surface area contributed by atoms with Crippen LogP contribution in [0.4, 0.5) is 5.69 Å². The smallest absolute Gasteiger partial charge is 0.252 e. The summed E-state index contributed by atoms with van der Waals surface area (Å²) < 4.78 is 0. The highest BCUT2D eigenvalue weighted by molar-refractivity contribution is 5.54. The zero-order valence-electron chi connectivity index (χ0n) is 8.10. The molecular formula is C10H7N3O3. The number of carbonyl (C=O) groups excluding carboxylic acids is 2. The first-order valence-corrected chi connectivity index (χ1v) is 4.47. The van der Waals surface area contributed by atoms with Gasteiger partial charge in [0.1, 0.15) is 0 Å². The molecule has 0 amide bonds. The topological polar surface area (TPSA) is 91.1 Å². The number of nitrogens with zero attached hydrogens (tertiary/aromatic N) is 2. The zero-order chi connectivity index (χ0) is 11.6. The van der Waals surface area contributed by atoms with Gasteiger partial charge in [-0.05, 0) is 17.7 Å². The largest absolute Gasteiger partial charge is 0.353 e. The van der Waals surface area contributed by atoms with Crippen molar-refractivity contribution in [2.75, 3.05) is 0 Å². The van der Waals surface area contributed by atoms with Crippen LogP contribution in [0.5, 0.6) is 0 Å². The Labute approximate surface area is 90.3 Å². The van der Waals surface area contributed by atoms with Crippen LogP contribution in [0.25, 0.3) is 0 Å². The highest BCUT2D eigenvalue weighted by Crippen LogP contribution is 2.32. The summed E-state index contributed by atoms with van der Waals surface area (Å²) in [6.45, 7) is 0.377. The van der Waals surface area contributed by atoms with Crippen LogP contribution in [-0.4, -0.2) is 17.3 Å². The van der Waals surface area contributed by atoms with E-state index < -0.39 is 5.85 Å². The van der Waals surface area contributed by atoms with Crippen molar-refractivity contribution in [3.63, 3.8) is 0 Å². The lowest BCUT2D eigenvalue weighted by molar-refractivity contribution is 0.0205. The van der Waals surface area contributed by atoms with Crippen molar-refractivity contribution in [1.29, 1.82) is 0 Å². The molecule has 1 aliphatic heterocycles.